The van der Waals surface area contributed by atoms with Crippen LogP contribution in [0, 0.1) is 0 Å². The molecule has 0 bridgehead atoms. The quantitative estimate of drug-likeness (QED) is 0.388. The fraction of sp³-hybridized carbons (Fsp3) is 0.0556. The summed E-state index contributed by atoms with van der Waals surface area (Å²) in [7, 11) is 0. The van der Waals surface area contributed by atoms with E-state index in [1.807, 2.05) is 12.1 Å². The Hall–Kier alpha value is -2.16. The van der Waals surface area contributed by atoms with E-state index in [2.05, 4.69) is 47.5 Å². The lowest BCUT2D eigenvalue weighted by Gasteiger charge is -2.02. The monoisotopic (exact) mass is 510 g/mol. The summed E-state index contributed by atoms with van der Waals surface area (Å²) in [6.45, 7) is 0.498. The van der Waals surface area contributed by atoms with Crippen molar-refractivity contribution in [2.75, 3.05) is 0 Å². The predicted octanol–water partition coefficient (Wildman–Crippen LogP) is 4.58. The first kappa shape index (κ1) is 19.6. The van der Waals surface area contributed by atoms with Crippen LogP contribution in [0.3, 0.4) is 0 Å². The van der Waals surface area contributed by atoms with Crippen LogP contribution in [-0.4, -0.2) is 27.0 Å². The number of hydrogen-bond donors (Lipinski definition) is 2. The second-order valence-electron chi connectivity index (χ2n) is 5.55. The highest BCUT2D eigenvalue weighted by Gasteiger charge is 2.15. The Balaban J connectivity index is 1.68. The van der Waals surface area contributed by atoms with Crippen LogP contribution >= 0.6 is 43.5 Å². The first-order valence-electron chi connectivity index (χ1n) is 7.71. The molecule has 0 spiro atoms. The van der Waals surface area contributed by atoms with Crippen molar-refractivity contribution < 1.29 is 9.90 Å². The predicted molar refractivity (Wildman–Crippen MR) is 111 cm³/mol. The smallest absolute Gasteiger partial charge is 0.293 e. The molecule has 6 nitrogen and oxygen atoms in total. The molecule has 9 heteroatoms. The number of carbonyl (C=O) groups excluding carboxylic acids is 1. The first-order valence-corrected chi connectivity index (χ1v) is 9.68. The number of benzene rings is 2. The number of hydrazone groups is 1. The molecule has 0 aliphatic rings. The molecule has 3 rings (SSSR count). The van der Waals surface area contributed by atoms with Crippen molar-refractivity contribution in [3.8, 4) is 5.75 Å². The van der Waals surface area contributed by atoms with Crippen LogP contribution in [0.2, 0.25) is 5.02 Å². The molecule has 0 radical (unpaired) electrons. The van der Waals surface area contributed by atoms with Gasteiger partial charge in [-0.1, -0.05) is 39.7 Å². The normalized spacial score (nSPS) is 11.1. The molecule has 0 aliphatic carbocycles. The third-order valence-electron chi connectivity index (χ3n) is 3.55. The summed E-state index contributed by atoms with van der Waals surface area (Å²) in [5.41, 5.74) is 4.08. The average Bonchev–Trinajstić information content (AvgIpc) is 3.00. The first-order chi connectivity index (χ1) is 12.9. The van der Waals surface area contributed by atoms with E-state index in [0.29, 0.717) is 21.6 Å². The summed E-state index contributed by atoms with van der Waals surface area (Å²) < 4.78 is 2.98. The van der Waals surface area contributed by atoms with Gasteiger partial charge in [-0.3, -0.25) is 9.48 Å². The van der Waals surface area contributed by atoms with Crippen molar-refractivity contribution in [1.29, 1.82) is 0 Å². The summed E-state index contributed by atoms with van der Waals surface area (Å²) in [5.74, 6) is -0.410. The molecule has 1 aromatic heterocycles. The van der Waals surface area contributed by atoms with Gasteiger partial charge in [0.25, 0.3) is 5.91 Å². The van der Waals surface area contributed by atoms with Crippen LogP contribution in [0.1, 0.15) is 21.6 Å². The standard InChI is InChI=1S/C18H13Br2ClN4O2/c19-13-3-6-16(26)12(7-13)8-22-23-18(27)17-15(20)10-25(24-17)9-11-1-4-14(21)5-2-11/h1-8,10,26H,9H2,(H,23,27). The van der Waals surface area contributed by atoms with Crippen molar-refractivity contribution in [3.63, 3.8) is 0 Å². The van der Waals surface area contributed by atoms with Gasteiger partial charge in [-0.15, -0.1) is 0 Å². The number of halogens is 3. The van der Waals surface area contributed by atoms with E-state index in [4.69, 9.17) is 11.6 Å². The number of carbonyl (C=O) groups is 1. The third kappa shape index (κ3) is 5.18. The van der Waals surface area contributed by atoms with Crippen LogP contribution in [0.5, 0.6) is 5.75 Å². The number of aromatic hydroxyl groups is 1. The molecule has 0 saturated carbocycles. The van der Waals surface area contributed by atoms with Gasteiger partial charge in [-0.25, -0.2) is 5.43 Å². The van der Waals surface area contributed by atoms with Crippen molar-refractivity contribution in [2.45, 2.75) is 6.54 Å². The molecular weight excluding hydrogens is 499 g/mol. The lowest BCUT2D eigenvalue weighted by Crippen LogP contribution is -2.19. The lowest BCUT2D eigenvalue weighted by molar-refractivity contribution is 0.0948. The van der Waals surface area contributed by atoms with Crippen LogP contribution < -0.4 is 5.43 Å². The van der Waals surface area contributed by atoms with Crippen LogP contribution in [0.25, 0.3) is 0 Å². The zero-order valence-electron chi connectivity index (χ0n) is 13.7. The van der Waals surface area contributed by atoms with Crippen molar-refractivity contribution in [1.82, 2.24) is 15.2 Å². The highest BCUT2D eigenvalue weighted by molar-refractivity contribution is 9.10. The highest BCUT2D eigenvalue weighted by Crippen LogP contribution is 2.20. The number of phenols is 1. The van der Waals surface area contributed by atoms with E-state index < -0.39 is 5.91 Å². The Morgan fingerprint density at radius 1 is 1.26 bits per heavy atom. The summed E-state index contributed by atoms with van der Waals surface area (Å²) >= 11 is 12.5. The Morgan fingerprint density at radius 2 is 2.00 bits per heavy atom. The topological polar surface area (TPSA) is 79.5 Å². The molecule has 138 valence electrons. The maximum absolute atomic E-state index is 12.3. The minimum atomic E-state index is -0.470. The third-order valence-corrected chi connectivity index (χ3v) is 4.87. The van der Waals surface area contributed by atoms with E-state index in [9.17, 15) is 9.90 Å². The van der Waals surface area contributed by atoms with E-state index in [1.54, 1.807) is 35.1 Å². The van der Waals surface area contributed by atoms with Gasteiger partial charge in [0, 0.05) is 21.3 Å². The van der Waals surface area contributed by atoms with Crippen molar-refractivity contribution in [3.05, 3.63) is 79.5 Å². The minimum Gasteiger partial charge on any atom is -0.507 e. The Labute approximate surface area is 177 Å². The Bertz CT molecular complexity index is 1000. The summed E-state index contributed by atoms with van der Waals surface area (Å²) in [4.78, 5) is 12.3. The number of nitrogens with zero attached hydrogens (tertiary/aromatic N) is 3. The van der Waals surface area contributed by atoms with Gasteiger partial charge in [-0.05, 0) is 51.8 Å². The van der Waals surface area contributed by atoms with Gasteiger partial charge in [-0.2, -0.15) is 10.2 Å². The summed E-state index contributed by atoms with van der Waals surface area (Å²) in [6, 6.07) is 12.3. The van der Waals surface area contributed by atoms with Gasteiger partial charge in [0.1, 0.15) is 5.75 Å². The van der Waals surface area contributed by atoms with Crippen LogP contribution in [0.15, 0.2) is 62.7 Å². The molecule has 2 N–H and O–H groups in total. The largest absolute Gasteiger partial charge is 0.507 e. The molecule has 1 amide bonds. The molecule has 3 aromatic rings. The van der Waals surface area contributed by atoms with Crippen LogP contribution in [0.4, 0.5) is 0 Å². The molecule has 0 atom stereocenters. The molecule has 1 heterocycles. The van der Waals surface area contributed by atoms with Crippen LogP contribution in [-0.2, 0) is 6.54 Å². The SMILES string of the molecule is O=C(NN=Cc1cc(Br)ccc1O)c1nn(Cc2ccc(Cl)cc2)cc1Br. The van der Waals surface area contributed by atoms with Crippen molar-refractivity contribution >= 4 is 55.6 Å². The molecule has 0 saturated heterocycles. The van der Waals surface area contributed by atoms with Gasteiger partial charge in [0.2, 0.25) is 0 Å². The zero-order valence-corrected chi connectivity index (χ0v) is 17.7. The minimum absolute atomic E-state index is 0.0598. The summed E-state index contributed by atoms with van der Waals surface area (Å²) in [6.07, 6.45) is 3.07. The lowest BCUT2D eigenvalue weighted by atomic mass is 10.2. The van der Waals surface area contributed by atoms with E-state index in [-0.39, 0.29) is 11.4 Å². The summed E-state index contributed by atoms with van der Waals surface area (Å²) in [5, 5.41) is 18.6. The number of amides is 1. The molecule has 0 fully saturated rings. The molecule has 0 aliphatic heterocycles. The number of nitrogens with one attached hydrogen (secondary N) is 1. The molecule has 0 unspecified atom stereocenters. The maximum atomic E-state index is 12.3. The zero-order chi connectivity index (χ0) is 19.4. The molecule has 2 aromatic carbocycles. The number of rotatable bonds is 5. The van der Waals surface area contributed by atoms with E-state index in [0.717, 1.165) is 10.0 Å². The second-order valence-corrected chi connectivity index (χ2v) is 7.76. The Morgan fingerprint density at radius 3 is 2.74 bits per heavy atom. The molecule has 27 heavy (non-hydrogen) atoms. The fourth-order valence-corrected chi connectivity index (χ4v) is 3.25. The Kier molecular flexibility index (Phi) is 6.30. The van der Waals surface area contributed by atoms with Gasteiger partial charge >= 0.3 is 0 Å². The number of phenolic OH excluding ortho intramolecular Hbond substituents is 1. The average molecular weight is 513 g/mol. The van der Waals surface area contributed by atoms with E-state index in [1.165, 1.54) is 12.3 Å². The highest BCUT2D eigenvalue weighted by atomic mass is 79.9. The van der Waals surface area contributed by atoms with Gasteiger partial charge in [0.15, 0.2) is 5.69 Å². The van der Waals surface area contributed by atoms with Gasteiger partial charge < -0.3 is 5.11 Å². The molecular formula is C18H13Br2ClN4O2. The fourth-order valence-electron chi connectivity index (χ4n) is 2.25. The number of aromatic nitrogens is 2. The van der Waals surface area contributed by atoms with Gasteiger partial charge in [0.05, 0.1) is 17.2 Å². The number of hydrogen-bond acceptors (Lipinski definition) is 4. The second kappa shape index (κ2) is 8.69. The van der Waals surface area contributed by atoms with E-state index >= 15 is 0 Å². The maximum Gasteiger partial charge on any atom is 0.293 e. The van der Waals surface area contributed by atoms with Crippen molar-refractivity contribution in [2.24, 2.45) is 5.10 Å².